The van der Waals surface area contributed by atoms with E-state index in [0.717, 1.165) is 46.9 Å². The van der Waals surface area contributed by atoms with Gasteiger partial charge in [-0.3, -0.25) is 14.5 Å². The lowest BCUT2D eigenvalue weighted by Gasteiger charge is -2.61. The third-order valence-corrected chi connectivity index (χ3v) is 11.0. The van der Waals surface area contributed by atoms with E-state index in [1.807, 2.05) is 16.9 Å². The third-order valence-electron chi connectivity index (χ3n) is 11.0. The molecular formula is C30H45N3O2. The second-order valence-electron chi connectivity index (χ2n) is 12.8. The van der Waals surface area contributed by atoms with Gasteiger partial charge in [0.05, 0.1) is 12.7 Å². The van der Waals surface area contributed by atoms with Gasteiger partial charge in [-0.1, -0.05) is 27.2 Å². The lowest BCUT2D eigenvalue weighted by atomic mass is 9.44. The van der Waals surface area contributed by atoms with Gasteiger partial charge >= 0.3 is 0 Å². The second kappa shape index (κ2) is 9.61. The molecule has 0 aromatic carbocycles. The summed E-state index contributed by atoms with van der Waals surface area (Å²) in [5.74, 6) is 4.95. The van der Waals surface area contributed by atoms with Crippen LogP contribution in [0.25, 0.3) is 10.9 Å². The van der Waals surface area contributed by atoms with Gasteiger partial charge in [0, 0.05) is 37.9 Å². The molecule has 4 fully saturated rings. The van der Waals surface area contributed by atoms with Crippen molar-refractivity contribution < 1.29 is 9.53 Å². The van der Waals surface area contributed by atoms with Gasteiger partial charge in [0.25, 0.3) is 0 Å². The van der Waals surface area contributed by atoms with Crippen molar-refractivity contribution >= 4 is 16.7 Å². The molecule has 4 aliphatic rings. The molecule has 2 aromatic rings. The van der Waals surface area contributed by atoms with Gasteiger partial charge in [0.1, 0.15) is 5.52 Å². The van der Waals surface area contributed by atoms with Crippen LogP contribution in [0.5, 0.6) is 0 Å². The molecule has 4 saturated carbocycles. The average Bonchev–Trinajstić information content (AvgIpc) is 3.40. The highest BCUT2D eigenvalue weighted by Gasteiger charge is 2.60. The van der Waals surface area contributed by atoms with Crippen LogP contribution in [0.3, 0.4) is 0 Å². The van der Waals surface area contributed by atoms with E-state index in [1.165, 1.54) is 51.4 Å². The number of Topliss-reactive ketones (excluding diaryl/α,β-unsaturated/α-hetero) is 1. The van der Waals surface area contributed by atoms with Crippen LogP contribution < -0.4 is 0 Å². The van der Waals surface area contributed by atoms with E-state index in [9.17, 15) is 4.79 Å². The van der Waals surface area contributed by atoms with E-state index in [2.05, 4.69) is 35.6 Å². The Morgan fingerprint density at radius 1 is 1.06 bits per heavy atom. The van der Waals surface area contributed by atoms with E-state index in [1.54, 1.807) is 26.6 Å². The molecular weight excluding hydrogens is 434 g/mol. The van der Waals surface area contributed by atoms with Crippen LogP contribution in [-0.2, 0) is 16.1 Å². The quantitative estimate of drug-likeness (QED) is 0.500. The van der Waals surface area contributed by atoms with E-state index in [-0.39, 0.29) is 11.3 Å². The van der Waals surface area contributed by atoms with Crippen LogP contribution in [-0.4, -0.2) is 34.8 Å². The smallest absolute Gasteiger partial charge is 0.157 e. The van der Waals surface area contributed by atoms with Crippen molar-refractivity contribution in [3.8, 4) is 0 Å². The van der Waals surface area contributed by atoms with Crippen molar-refractivity contribution in [3.05, 3.63) is 24.7 Å². The minimum Gasteiger partial charge on any atom is -0.388 e. The summed E-state index contributed by atoms with van der Waals surface area (Å²) in [6.45, 7) is 8.01. The second-order valence-corrected chi connectivity index (χ2v) is 12.8. The molecule has 192 valence electrons. The standard InChI is InChI=1S/C28H39N3O.C2H6O/c1-18-8-11-27(2)20(14-18)4-5-21-22-6-7-24(28(22,3)12-9-23(21)27)26(32)17-31-16-19-10-13-29-15-25(19)30-31;1-3-2/h10,13,15-16,18,20-24H,4-9,11-12,14,17H2,1-3H3;1-2H3/t18?,20?,21-,22?,23?,24?,27?,28?;/m0./s1. The molecule has 5 heteroatoms. The summed E-state index contributed by atoms with van der Waals surface area (Å²) in [4.78, 5) is 17.7. The number of hydrogen-bond acceptors (Lipinski definition) is 4. The lowest BCUT2D eigenvalue weighted by molar-refractivity contribution is -0.137. The number of rotatable bonds is 3. The number of hydrogen-bond donors (Lipinski definition) is 0. The highest BCUT2D eigenvalue weighted by Crippen LogP contribution is 2.67. The van der Waals surface area contributed by atoms with Crippen molar-refractivity contribution in [1.82, 2.24) is 14.8 Å². The summed E-state index contributed by atoms with van der Waals surface area (Å²) in [5.41, 5.74) is 1.63. The number of pyridine rings is 1. The van der Waals surface area contributed by atoms with Crippen molar-refractivity contribution in [2.45, 2.75) is 85.1 Å². The molecule has 0 aliphatic heterocycles. The Bertz CT molecular complexity index is 1020. The van der Waals surface area contributed by atoms with E-state index in [4.69, 9.17) is 0 Å². The maximum Gasteiger partial charge on any atom is 0.157 e. The van der Waals surface area contributed by atoms with Crippen molar-refractivity contribution in [3.63, 3.8) is 0 Å². The predicted octanol–water partition coefficient (Wildman–Crippen LogP) is 6.56. The van der Waals surface area contributed by atoms with Crippen LogP contribution in [0.4, 0.5) is 0 Å². The van der Waals surface area contributed by atoms with Crippen LogP contribution in [0, 0.1) is 46.3 Å². The van der Waals surface area contributed by atoms with Crippen LogP contribution in [0.2, 0.25) is 0 Å². The van der Waals surface area contributed by atoms with Gasteiger partial charge < -0.3 is 4.74 Å². The summed E-state index contributed by atoms with van der Waals surface area (Å²) < 4.78 is 6.10. The highest BCUT2D eigenvalue weighted by atomic mass is 16.4. The van der Waals surface area contributed by atoms with Crippen LogP contribution in [0.1, 0.15) is 78.6 Å². The zero-order valence-corrected chi connectivity index (χ0v) is 22.5. The predicted molar refractivity (Wildman–Crippen MR) is 140 cm³/mol. The van der Waals surface area contributed by atoms with Gasteiger partial charge in [0.15, 0.2) is 5.78 Å². The Morgan fingerprint density at radius 3 is 2.57 bits per heavy atom. The fraction of sp³-hybridized carbons (Fsp3) is 0.767. The first-order valence-corrected chi connectivity index (χ1v) is 14.0. The first-order valence-electron chi connectivity index (χ1n) is 14.0. The third kappa shape index (κ3) is 4.26. The summed E-state index contributed by atoms with van der Waals surface area (Å²) in [7, 11) is 3.25. The fourth-order valence-electron chi connectivity index (χ4n) is 9.27. The maximum atomic E-state index is 13.6. The molecule has 0 bridgehead atoms. The molecule has 4 aliphatic carbocycles. The van der Waals surface area contributed by atoms with E-state index >= 15 is 0 Å². The van der Waals surface area contributed by atoms with Crippen LogP contribution >= 0.6 is 0 Å². The van der Waals surface area contributed by atoms with Crippen molar-refractivity contribution in [1.29, 1.82) is 0 Å². The lowest BCUT2D eigenvalue weighted by Crippen LogP contribution is -2.53. The first kappa shape index (κ1) is 24.9. The molecule has 2 heterocycles. The summed E-state index contributed by atoms with van der Waals surface area (Å²) in [6, 6.07) is 1.97. The van der Waals surface area contributed by atoms with E-state index in [0.29, 0.717) is 17.7 Å². The van der Waals surface area contributed by atoms with Gasteiger partial charge in [-0.2, -0.15) is 5.10 Å². The average molecular weight is 480 g/mol. The fourth-order valence-corrected chi connectivity index (χ4v) is 9.27. The number of ether oxygens (including phenoxy) is 1. The zero-order chi connectivity index (χ0) is 24.8. The summed E-state index contributed by atoms with van der Waals surface area (Å²) in [5, 5.41) is 5.68. The Morgan fingerprint density at radius 2 is 1.80 bits per heavy atom. The number of carbonyl (C=O) groups is 1. The molecule has 2 aromatic heterocycles. The van der Waals surface area contributed by atoms with Crippen LogP contribution in [0.15, 0.2) is 24.7 Å². The Balaban J connectivity index is 0.000000806. The number of aromatic nitrogens is 3. The zero-order valence-electron chi connectivity index (χ0n) is 22.5. The van der Waals surface area contributed by atoms with E-state index < -0.39 is 0 Å². The van der Waals surface area contributed by atoms with Crippen molar-refractivity contribution in [2.24, 2.45) is 46.3 Å². The molecule has 0 saturated heterocycles. The SMILES string of the molecule is CC1CCC2(C)C(CC[C@@H]3C2CCC2(C)C(C(=O)Cn4cc5ccncc5n4)CCC32)C1.COC. The molecule has 8 atom stereocenters. The number of nitrogens with zero attached hydrogens (tertiary/aromatic N) is 3. The first-order chi connectivity index (χ1) is 16.8. The normalized spacial score (nSPS) is 40.3. The Kier molecular flexibility index (Phi) is 6.84. The topological polar surface area (TPSA) is 57.0 Å². The molecule has 0 amide bonds. The van der Waals surface area contributed by atoms with Crippen molar-refractivity contribution in [2.75, 3.05) is 14.2 Å². The van der Waals surface area contributed by atoms with Gasteiger partial charge in [0.2, 0.25) is 0 Å². The molecule has 6 rings (SSSR count). The number of fused-ring (bicyclic) bond motifs is 6. The Labute approximate surface area is 211 Å². The monoisotopic (exact) mass is 479 g/mol. The Hall–Kier alpha value is -1.75. The minimum absolute atomic E-state index is 0.192. The van der Waals surface area contributed by atoms with Gasteiger partial charge in [-0.25, -0.2) is 0 Å². The molecule has 5 nitrogen and oxygen atoms in total. The number of ketones is 1. The minimum atomic E-state index is 0.192. The number of carbonyl (C=O) groups excluding carboxylic acids is 1. The largest absolute Gasteiger partial charge is 0.388 e. The molecule has 7 unspecified atom stereocenters. The van der Waals surface area contributed by atoms with Gasteiger partial charge in [-0.05, 0) is 97.9 Å². The molecule has 0 spiro atoms. The molecule has 35 heavy (non-hydrogen) atoms. The molecule has 0 radical (unpaired) electrons. The summed E-state index contributed by atoms with van der Waals surface area (Å²) in [6.07, 6.45) is 17.7. The number of methoxy groups -OCH3 is 1. The summed E-state index contributed by atoms with van der Waals surface area (Å²) >= 11 is 0. The molecule has 0 N–H and O–H groups in total. The maximum absolute atomic E-state index is 13.6. The highest BCUT2D eigenvalue weighted by molar-refractivity contribution is 5.83. The van der Waals surface area contributed by atoms with Gasteiger partial charge in [-0.15, -0.1) is 0 Å².